The molecule has 0 spiro atoms. The lowest BCUT2D eigenvalue weighted by Crippen LogP contribution is -2.41. The quantitative estimate of drug-likeness (QED) is 0.697. The van der Waals surface area contributed by atoms with Crippen LogP contribution in [0.25, 0.3) is 0 Å². The molecule has 6 nitrogen and oxygen atoms in total. The van der Waals surface area contributed by atoms with Gasteiger partial charge in [0.15, 0.2) is 0 Å². The van der Waals surface area contributed by atoms with Crippen LogP contribution in [0.4, 0.5) is 0 Å². The molecule has 2 aromatic carbocycles. The molecule has 0 saturated carbocycles. The first-order valence-electron chi connectivity index (χ1n) is 9.18. The van der Waals surface area contributed by atoms with Crippen molar-refractivity contribution >= 4 is 15.9 Å². The number of hydrogen-bond donors (Lipinski definition) is 1. The Morgan fingerprint density at radius 3 is 2.46 bits per heavy atom. The van der Waals surface area contributed by atoms with Crippen molar-refractivity contribution in [1.29, 1.82) is 0 Å². The van der Waals surface area contributed by atoms with E-state index in [-0.39, 0.29) is 23.4 Å². The van der Waals surface area contributed by atoms with Crippen LogP contribution in [0.1, 0.15) is 24.5 Å². The Labute approximate surface area is 167 Å². The number of benzene rings is 2. The fraction of sp³-hybridized carbons (Fsp3) is 0.381. The van der Waals surface area contributed by atoms with E-state index in [9.17, 15) is 13.2 Å². The Balaban J connectivity index is 1.92. The lowest BCUT2D eigenvalue weighted by molar-refractivity contribution is -0.121. The number of methoxy groups -OCH3 is 1. The summed E-state index contributed by atoms with van der Waals surface area (Å²) in [6.07, 6.45) is 1.63. The van der Waals surface area contributed by atoms with Gasteiger partial charge in [-0.1, -0.05) is 30.3 Å². The Hall–Kier alpha value is -2.38. The van der Waals surface area contributed by atoms with Gasteiger partial charge >= 0.3 is 0 Å². The summed E-state index contributed by atoms with van der Waals surface area (Å²) in [4.78, 5) is 12.4. The molecule has 0 bridgehead atoms. The number of ether oxygens (including phenoxy) is 1. The van der Waals surface area contributed by atoms with Gasteiger partial charge in [0.25, 0.3) is 0 Å². The largest absolute Gasteiger partial charge is 0.496 e. The summed E-state index contributed by atoms with van der Waals surface area (Å²) in [7, 11) is -0.816. The van der Waals surface area contributed by atoms with E-state index in [1.165, 1.54) is 25.8 Å². The van der Waals surface area contributed by atoms with Crippen LogP contribution in [-0.2, 0) is 21.2 Å². The molecular weight excluding hydrogens is 376 g/mol. The average molecular weight is 405 g/mol. The van der Waals surface area contributed by atoms with E-state index in [1.807, 2.05) is 37.3 Å². The highest BCUT2D eigenvalue weighted by molar-refractivity contribution is 7.89. The van der Waals surface area contributed by atoms with E-state index in [4.69, 9.17) is 4.74 Å². The van der Waals surface area contributed by atoms with Gasteiger partial charge in [-0.05, 0) is 56.0 Å². The minimum absolute atomic E-state index is 0.0490. The maximum atomic E-state index is 12.7. The molecule has 0 aliphatic rings. The summed E-state index contributed by atoms with van der Waals surface area (Å²) >= 11 is 0. The Bertz CT molecular complexity index is 898. The molecule has 1 amide bonds. The van der Waals surface area contributed by atoms with E-state index in [0.29, 0.717) is 5.75 Å². The number of rotatable bonds is 9. The zero-order valence-electron chi connectivity index (χ0n) is 16.8. The van der Waals surface area contributed by atoms with Crippen LogP contribution in [0.15, 0.2) is 53.4 Å². The number of likely N-dealkylation sites (N-methyl/N-ethyl adjacent to an activating group) is 1. The van der Waals surface area contributed by atoms with E-state index in [2.05, 4.69) is 5.32 Å². The van der Waals surface area contributed by atoms with Crippen LogP contribution in [0.5, 0.6) is 5.75 Å². The fourth-order valence-electron chi connectivity index (χ4n) is 2.90. The predicted octanol–water partition coefficient (Wildman–Crippen LogP) is 2.76. The number of sulfonamides is 1. The van der Waals surface area contributed by atoms with Gasteiger partial charge in [0.1, 0.15) is 5.75 Å². The molecule has 1 atom stereocenters. The molecule has 0 heterocycles. The predicted molar refractivity (Wildman–Crippen MR) is 110 cm³/mol. The van der Waals surface area contributed by atoms with Gasteiger partial charge in [0.2, 0.25) is 15.9 Å². The van der Waals surface area contributed by atoms with Crippen LogP contribution in [-0.4, -0.2) is 45.4 Å². The number of carbonyl (C=O) groups excluding carboxylic acids is 1. The molecular formula is C21H28N2O4S. The first-order valence-corrected chi connectivity index (χ1v) is 10.6. The summed E-state index contributed by atoms with van der Waals surface area (Å²) < 4.78 is 31.7. The lowest BCUT2D eigenvalue weighted by Gasteiger charge is -2.20. The Morgan fingerprint density at radius 2 is 1.86 bits per heavy atom. The minimum atomic E-state index is -3.76. The van der Waals surface area contributed by atoms with Gasteiger partial charge in [-0.25, -0.2) is 8.42 Å². The highest BCUT2D eigenvalue weighted by Gasteiger charge is 2.24. The smallest absolute Gasteiger partial charge is 0.243 e. The molecule has 2 rings (SSSR count). The van der Waals surface area contributed by atoms with Crippen molar-refractivity contribution in [3.63, 3.8) is 0 Å². The third-order valence-corrected chi connectivity index (χ3v) is 6.36. The fourth-order valence-corrected chi connectivity index (χ4v) is 4.11. The highest BCUT2D eigenvalue weighted by Crippen LogP contribution is 2.23. The topological polar surface area (TPSA) is 75.7 Å². The van der Waals surface area contributed by atoms with Crippen molar-refractivity contribution in [3.05, 3.63) is 59.7 Å². The molecule has 0 fully saturated rings. The zero-order valence-corrected chi connectivity index (χ0v) is 17.6. The Morgan fingerprint density at radius 1 is 1.18 bits per heavy atom. The number of amides is 1. The van der Waals surface area contributed by atoms with Gasteiger partial charge in [-0.3, -0.25) is 4.79 Å². The van der Waals surface area contributed by atoms with Crippen LogP contribution in [0.3, 0.4) is 0 Å². The van der Waals surface area contributed by atoms with Crippen molar-refractivity contribution in [1.82, 2.24) is 9.62 Å². The second kappa shape index (κ2) is 9.71. The maximum absolute atomic E-state index is 12.7. The zero-order chi connectivity index (χ0) is 20.7. The highest BCUT2D eigenvalue weighted by atomic mass is 32.2. The standard InChI is InChI=1S/C21H28N2O4S/c1-16-14-19(12-13-20(16)27-4)28(25,26)23(3)15-21(24)22-17(2)10-11-18-8-6-5-7-9-18/h5-9,12-14,17H,10-11,15H2,1-4H3,(H,22,24)/t17-/m0/s1. The minimum Gasteiger partial charge on any atom is -0.496 e. The molecule has 2 aromatic rings. The number of carbonyl (C=O) groups is 1. The van der Waals surface area contributed by atoms with Crippen molar-refractivity contribution in [3.8, 4) is 5.75 Å². The van der Waals surface area contributed by atoms with Gasteiger partial charge in [0, 0.05) is 13.1 Å². The summed E-state index contributed by atoms with van der Waals surface area (Å²) in [5.74, 6) is 0.295. The van der Waals surface area contributed by atoms with E-state index >= 15 is 0 Å². The molecule has 0 aromatic heterocycles. The van der Waals surface area contributed by atoms with Crippen molar-refractivity contribution in [2.75, 3.05) is 20.7 Å². The molecule has 0 aliphatic carbocycles. The monoisotopic (exact) mass is 404 g/mol. The first-order chi connectivity index (χ1) is 13.2. The Kier molecular flexibility index (Phi) is 7.60. The first kappa shape index (κ1) is 21.9. The molecule has 0 saturated heterocycles. The maximum Gasteiger partial charge on any atom is 0.243 e. The van der Waals surface area contributed by atoms with Gasteiger partial charge in [-0.2, -0.15) is 4.31 Å². The summed E-state index contributed by atoms with van der Waals surface area (Å²) in [5, 5.41) is 2.87. The molecule has 7 heteroatoms. The molecule has 0 radical (unpaired) electrons. The van der Waals surface area contributed by atoms with E-state index < -0.39 is 10.0 Å². The van der Waals surface area contributed by atoms with Crippen LogP contribution in [0.2, 0.25) is 0 Å². The SMILES string of the molecule is COc1ccc(S(=O)(=O)N(C)CC(=O)N[C@@H](C)CCc2ccccc2)cc1C. The third kappa shape index (κ3) is 5.81. The molecule has 0 aliphatic heterocycles. The summed E-state index contributed by atoms with van der Waals surface area (Å²) in [6.45, 7) is 3.46. The van der Waals surface area contributed by atoms with Gasteiger partial charge in [0.05, 0.1) is 18.6 Å². The van der Waals surface area contributed by atoms with Crippen molar-refractivity contribution < 1.29 is 17.9 Å². The second-order valence-electron chi connectivity index (χ2n) is 6.89. The van der Waals surface area contributed by atoms with Gasteiger partial charge < -0.3 is 10.1 Å². The summed E-state index contributed by atoms with van der Waals surface area (Å²) in [6, 6.07) is 14.6. The lowest BCUT2D eigenvalue weighted by atomic mass is 10.1. The van der Waals surface area contributed by atoms with Crippen LogP contribution in [0, 0.1) is 6.92 Å². The van der Waals surface area contributed by atoms with E-state index in [1.54, 1.807) is 19.1 Å². The van der Waals surface area contributed by atoms with Crippen LogP contribution < -0.4 is 10.1 Å². The summed E-state index contributed by atoms with van der Waals surface area (Å²) in [5.41, 5.74) is 1.93. The third-order valence-electron chi connectivity index (χ3n) is 4.56. The number of nitrogens with one attached hydrogen (secondary N) is 1. The number of nitrogens with zero attached hydrogens (tertiary/aromatic N) is 1. The van der Waals surface area contributed by atoms with E-state index in [0.717, 1.165) is 22.7 Å². The molecule has 0 unspecified atom stereocenters. The van der Waals surface area contributed by atoms with Gasteiger partial charge in [-0.15, -0.1) is 0 Å². The van der Waals surface area contributed by atoms with Crippen molar-refractivity contribution in [2.45, 2.75) is 37.6 Å². The molecule has 152 valence electrons. The number of aryl methyl sites for hydroxylation is 2. The average Bonchev–Trinajstić information content (AvgIpc) is 2.66. The second-order valence-corrected chi connectivity index (χ2v) is 8.93. The molecule has 1 N–H and O–H groups in total. The van der Waals surface area contributed by atoms with Crippen LogP contribution >= 0.6 is 0 Å². The normalized spacial score (nSPS) is 12.6. The van der Waals surface area contributed by atoms with Crippen molar-refractivity contribution in [2.24, 2.45) is 0 Å². The molecule has 28 heavy (non-hydrogen) atoms. The number of hydrogen-bond acceptors (Lipinski definition) is 4.